The fraction of sp³-hybridized carbons (Fsp3) is 0.208. The molecule has 0 saturated carbocycles. The smallest absolute Gasteiger partial charge is 0.383 e. The summed E-state index contributed by atoms with van der Waals surface area (Å²) in [4.78, 5) is 36.5. The molecule has 0 atom stereocenters. The van der Waals surface area contributed by atoms with Crippen molar-refractivity contribution in [1.82, 2.24) is 0 Å². The van der Waals surface area contributed by atoms with E-state index in [0.717, 1.165) is 6.42 Å². The van der Waals surface area contributed by atoms with Gasteiger partial charge in [0.1, 0.15) is 11.3 Å². The zero-order valence-corrected chi connectivity index (χ0v) is 17.3. The number of esters is 2. The summed E-state index contributed by atoms with van der Waals surface area (Å²) in [5.74, 6) is -1.21. The molecule has 3 rings (SSSR count). The van der Waals surface area contributed by atoms with Gasteiger partial charge < -0.3 is 18.6 Å². The van der Waals surface area contributed by atoms with Crippen molar-refractivity contribution in [1.29, 1.82) is 0 Å². The van der Waals surface area contributed by atoms with E-state index in [4.69, 9.17) is 18.6 Å². The quantitative estimate of drug-likeness (QED) is 0.171. The fourth-order valence-electron chi connectivity index (χ4n) is 2.83. The Balaban J connectivity index is 2.02. The van der Waals surface area contributed by atoms with Crippen molar-refractivity contribution in [2.75, 3.05) is 6.61 Å². The van der Waals surface area contributed by atoms with Crippen molar-refractivity contribution in [2.24, 2.45) is 0 Å². The second-order valence-electron chi connectivity index (χ2n) is 6.57. The van der Waals surface area contributed by atoms with Crippen LogP contribution in [0.5, 0.6) is 17.2 Å². The van der Waals surface area contributed by atoms with Gasteiger partial charge in [0.15, 0.2) is 5.75 Å². The minimum Gasteiger partial charge on any atom is -0.484 e. The Bertz CT molecular complexity index is 1160. The lowest BCUT2D eigenvalue weighted by atomic mass is 10.2. The number of hydrogen-bond donors (Lipinski definition) is 0. The van der Waals surface area contributed by atoms with Crippen LogP contribution in [0.1, 0.15) is 37.0 Å². The SMILES string of the molecule is CC/C=C/CCOc1c(OC(=O)c2ccccc2)c2ccc(OC(C)=O)cc2oc1=O. The highest BCUT2D eigenvalue weighted by atomic mass is 16.6. The first-order chi connectivity index (χ1) is 15.0. The summed E-state index contributed by atoms with van der Waals surface area (Å²) in [5.41, 5.74) is -0.391. The van der Waals surface area contributed by atoms with Gasteiger partial charge >= 0.3 is 17.6 Å². The average Bonchev–Trinajstić information content (AvgIpc) is 2.75. The zero-order valence-electron chi connectivity index (χ0n) is 17.3. The van der Waals surface area contributed by atoms with Crippen LogP contribution in [0, 0.1) is 0 Å². The molecule has 1 aromatic heterocycles. The molecule has 7 nitrogen and oxygen atoms in total. The van der Waals surface area contributed by atoms with Crippen molar-refractivity contribution in [3.8, 4) is 17.2 Å². The maximum atomic E-state index is 12.7. The third-order valence-electron chi connectivity index (χ3n) is 4.19. The van der Waals surface area contributed by atoms with Crippen molar-refractivity contribution < 1.29 is 28.2 Å². The minimum atomic E-state index is -0.803. The highest BCUT2D eigenvalue weighted by Crippen LogP contribution is 2.35. The van der Waals surface area contributed by atoms with Gasteiger partial charge in [-0.3, -0.25) is 4.79 Å². The first-order valence-corrected chi connectivity index (χ1v) is 9.84. The Kier molecular flexibility index (Phi) is 7.22. The summed E-state index contributed by atoms with van der Waals surface area (Å²) < 4.78 is 21.6. The Morgan fingerprint density at radius 3 is 2.48 bits per heavy atom. The predicted octanol–water partition coefficient (Wildman–Crippen LogP) is 4.67. The van der Waals surface area contributed by atoms with Crippen LogP contribution in [0.25, 0.3) is 11.0 Å². The zero-order chi connectivity index (χ0) is 22.2. The lowest BCUT2D eigenvalue weighted by Gasteiger charge is -2.13. The summed E-state index contributed by atoms with van der Waals surface area (Å²) in [6, 6.07) is 12.8. The third kappa shape index (κ3) is 5.60. The van der Waals surface area contributed by atoms with E-state index in [9.17, 15) is 14.4 Å². The van der Waals surface area contributed by atoms with E-state index in [-0.39, 0.29) is 29.4 Å². The number of ether oxygens (including phenoxy) is 3. The van der Waals surface area contributed by atoms with Gasteiger partial charge in [-0.05, 0) is 37.1 Å². The van der Waals surface area contributed by atoms with E-state index in [0.29, 0.717) is 17.4 Å². The van der Waals surface area contributed by atoms with Crippen molar-refractivity contribution in [2.45, 2.75) is 26.7 Å². The van der Waals surface area contributed by atoms with Crippen LogP contribution in [0.2, 0.25) is 0 Å². The molecule has 0 aliphatic rings. The van der Waals surface area contributed by atoms with Gasteiger partial charge in [-0.1, -0.05) is 37.3 Å². The van der Waals surface area contributed by atoms with Crippen LogP contribution in [-0.4, -0.2) is 18.5 Å². The molecular weight excluding hydrogens is 400 g/mol. The molecule has 0 saturated heterocycles. The number of benzene rings is 2. The molecule has 1 heterocycles. The Labute approximate surface area is 178 Å². The van der Waals surface area contributed by atoms with Crippen molar-refractivity contribution in [3.05, 3.63) is 76.7 Å². The first-order valence-electron chi connectivity index (χ1n) is 9.84. The van der Waals surface area contributed by atoms with Gasteiger partial charge in [-0.2, -0.15) is 0 Å². The highest BCUT2D eigenvalue weighted by molar-refractivity contribution is 5.95. The maximum absolute atomic E-state index is 12.7. The molecule has 0 spiro atoms. The molecular formula is C24H22O7. The molecule has 0 bridgehead atoms. The summed E-state index contributed by atoms with van der Waals surface area (Å²) in [5, 5.41) is 0.332. The number of allylic oxidation sites excluding steroid dienone is 1. The van der Waals surface area contributed by atoms with Gasteiger partial charge in [-0.15, -0.1) is 0 Å². The van der Waals surface area contributed by atoms with Crippen LogP contribution in [0.4, 0.5) is 0 Å². The van der Waals surface area contributed by atoms with Crippen LogP contribution >= 0.6 is 0 Å². The van der Waals surface area contributed by atoms with Gasteiger partial charge in [0.2, 0.25) is 5.75 Å². The number of carbonyl (C=O) groups excluding carboxylic acids is 2. The normalized spacial score (nSPS) is 10.9. The molecule has 0 radical (unpaired) electrons. The Hall–Kier alpha value is -3.87. The minimum absolute atomic E-state index is 0.0473. The molecule has 0 aliphatic carbocycles. The molecule has 160 valence electrons. The summed E-state index contributed by atoms with van der Waals surface area (Å²) in [6.07, 6.45) is 5.38. The Morgan fingerprint density at radius 1 is 1.00 bits per heavy atom. The molecule has 0 aliphatic heterocycles. The molecule has 2 aromatic carbocycles. The van der Waals surface area contributed by atoms with E-state index < -0.39 is 17.6 Å². The summed E-state index contributed by atoms with van der Waals surface area (Å²) in [7, 11) is 0. The largest absolute Gasteiger partial charge is 0.484 e. The second kappa shape index (κ2) is 10.2. The number of hydrogen-bond acceptors (Lipinski definition) is 7. The van der Waals surface area contributed by atoms with Crippen molar-refractivity contribution in [3.63, 3.8) is 0 Å². The topological polar surface area (TPSA) is 92.0 Å². The van der Waals surface area contributed by atoms with Crippen LogP contribution in [-0.2, 0) is 4.79 Å². The summed E-state index contributed by atoms with van der Waals surface area (Å²) in [6.45, 7) is 3.48. The molecule has 3 aromatic rings. The van der Waals surface area contributed by atoms with Gasteiger partial charge in [0.25, 0.3) is 0 Å². The van der Waals surface area contributed by atoms with Crippen LogP contribution in [0.15, 0.2) is 69.9 Å². The standard InChI is InChI=1S/C24H22O7/c1-3-4-5-9-14-28-22-21(31-23(26)17-10-7-6-8-11-17)19-13-12-18(29-16(2)25)15-20(19)30-24(22)27/h4-8,10-13,15H,3,9,14H2,1-2H3/b5-4+. The average molecular weight is 422 g/mol. The molecule has 0 N–H and O–H groups in total. The van der Waals surface area contributed by atoms with Gasteiger partial charge in [-0.25, -0.2) is 9.59 Å². The lowest BCUT2D eigenvalue weighted by molar-refractivity contribution is -0.131. The molecule has 0 fully saturated rings. The second-order valence-corrected chi connectivity index (χ2v) is 6.57. The van der Waals surface area contributed by atoms with E-state index in [1.54, 1.807) is 30.3 Å². The molecule has 0 unspecified atom stereocenters. The van der Waals surface area contributed by atoms with E-state index in [2.05, 4.69) is 0 Å². The Morgan fingerprint density at radius 2 is 1.77 bits per heavy atom. The van der Waals surface area contributed by atoms with E-state index in [1.165, 1.54) is 25.1 Å². The molecule has 7 heteroatoms. The first kappa shape index (κ1) is 21.8. The molecule has 0 amide bonds. The van der Waals surface area contributed by atoms with Gasteiger partial charge in [0.05, 0.1) is 17.6 Å². The van der Waals surface area contributed by atoms with Gasteiger partial charge in [0, 0.05) is 13.0 Å². The predicted molar refractivity (Wildman–Crippen MR) is 115 cm³/mol. The monoisotopic (exact) mass is 422 g/mol. The number of rotatable bonds is 8. The third-order valence-corrected chi connectivity index (χ3v) is 4.19. The van der Waals surface area contributed by atoms with E-state index in [1.807, 2.05) is 19.1 Å². The maximum Gasteiger partial charge on any atom is 0.383 e. The van der Waals surface area contributed by atoms with Crippen molar-refractivity contribution >= 4 is 22.9 Å². The summed E-state index contributed by atoms with van der Waals surface area (Å²) >= 11 is 0. The van der Waals surface area contributed by atoms with Crippen LogP contribution < -0.4 is 19.8 Å². The lowest BCUT2D eigenvalue weighted by Crippen LogP contribution is -2.15. The highest BCUT2D eigenvalue weighted by Gasteiger charge is 2.22. The number of carbonyl (C=O) groups is 2. The number of fused-ring (bicyclic) bond motifs is 1. The van der Waals surface area contributed by atoms with Crippen LogP contribution in [0.3, 0.4) is 0 Å². The molecule has 31 heavy (non-hydrogen) atoms. The fourth-order valence-corrected chi connectivity index (χ4v) is 2.83. The van der Waals surface area contributed by atoms with E-state index >= 15 is 0 Å².